The van der Waals surface area contributed by atoms with E-state index in [0.717, 1.165) is 5.56 Å². The Morgan fingerprint density at radius 2 is 1.91 bits per heavy atom. The molecule has 5 heteroatoms. The Labute approximate surface area is 137 Å². The lowest BCUT2D eigenvalue weighted by Crippen LogP contribution is -2.30. The van der Waals surface area contributed by atoms with Crippen molar-refractivity contribution in [3.05, 3.63) is 81.2 Å². The minimum atomic E-state index is -0.633. The van der Waals surface area contributed by atoms with Crippen molar-refractivity contribution < 1.29 is 9.21 Å². The van der Waals surface area contributed by atoms with Gasteiger partial charge in [0.25, 0.3) is 5.91 Å². The van der Waals surface area contributed by atoms with Gasteiger partial charge in [-0.15, -0.1) is 0 Å². The normalized spacial score (nSPS) is 10.7. The Morgan fingerprint density at radius 3 is 2.70 bits per heavy atom. The van der Waals surface area contributed by atoms with Crippen molar-refractivity contribution in [3.8, 4) is 0 Å². The van der Waals surface area contributed by atoms with Crippen molar-refractivity contribution in [2.24, 2.45) is 0 Å². The zero-order valence-electron chi connectivity index (χ0n) is 12.5. The first kappa shape index (κ1) is 15.3. The number of nitrogens with zero attached hydrogens (tertiary/aromatic N) is 1. The van der Waals surface area contributed by atoms with Gasteiger partial charge in [0, 0.05) is 24.0 Å². The van der Waals surface area contributed by atoms with E-state index < -0.39 is 5.63 Å². The van der Waals surface area contributed by atoms with Crippen LogP contribution in [0.25, 0.3) is 11.0 Å². The molecule has 1 aromatic heterocycles. The summed E-state index contributed by atoms with van der Waals surface area (Å²) in [5.74, 6) is -0.385. The van der Waals surface area contributed by atoms with Gasteiger partial charge in [-0.25, -0.2) is 4.79 Å². The SMILES string of the molecule is CN(Cc1cccc(Cl)c1)C(=O)c1cc2ccccc2oc1=O. The van der Waals surface area contributed by atoms with Crippen molar-refractivity contribution >= 4 is 28.5 Å². The highest BCUT2D eigenvalue weighted by molar-refractivity contribution is 6.30. The van der Waals surface area contributed by atoms with Crippen molar-refractivity contribution in [1.29, 1.82) is 0 Å². The predicted octanol–water partition coefficient (Wildman–Crippen LogP) is 3.72. The number of carbonyl (C=O) groups is 1. The van der Waals surface area contributed by atoms with E-state index in [1.54, 1.807) is 43.4 Å². The number of amides is 1. The minimum Gasteiger partial charge on any atom is -0.422 e. The zero-order valence-corrected chi connectivity index (χ0v) is 13.2. The number of hydrogen-bond donors (Lipinski definition) is 0. The van der Waals surface area contributed by atoms with Crippen LogP contribution in [0.2, 0.25) is 5.02 Å². The van der Waals surface area contributed by atoms with Gasteiger partial charge < -0.3 is 9.32 Å². The van der Waals surface area contributed by atoms with Gasteiger partial charge in [0.2, 0.25) is 0 Å². The molecule has 23 heavy (non-hydrogen) atoms. The van der Waals surface area contributed by atoms with Crippen LogP contribution >= 0.6 is 11.6 Å². The summed E-state index contributed by atoms with van der Waals surface area (Å²) in [7, 11) is 1.64. The summed E-state index contributed by atoms with van der Waals surface area (Å²) in [5.41, 5.74) is 0.741. The molecule has 0 atom stereocenters. The second-order valence-electron chi connectivity index (χ2n) is 5.28. The van der Waals surface area contributed by atoms with Crippen LogP contribution in [-0.2, 0) is 6.54 Å². The maximum atomic E-state index is 12.5. The van der Waals surface area contributed by atoms with Gasteiger partial charge in [-0.2, -0.15) is 0 Å². The van der Waals surface area contributed by atoms with Crippen LogP contribution in [-0.4, -0.2) is 17.9 Å². The first-order valence-electron chi connectivity index (χ1n) is 7.07. The fraction of sp³-hybridized carbons (Fsp3) is 0.111. The van der Waals surface area contributed by atoms with Crippen LogP contribution in [0.3, 0.4) is 0 Å². The fourth-order valence-corrected chi connectivity index (χ4v) is 2.61. The minimum absolute atomic E-state index is 0.0215. The van der Waals surface area contributed by atoms with Crippen molar-refractivity contribution in [2.75, 3.05) is 7.05 Å². The largest absolute Gasteiger partial charge is 0.422 e. The van der Waals surface area contributed by atoms with Crippen molar-refractivity contribution in [3.63, 3.8) is 0 Å². The standard InChI is InChI=1S/C18H14ClNO3/c1-20(11-12-5-4-7-14(19)9-12)17(21)15-10-13-6-2-3-8-16(13)23-18(15)22/h2-10H,11H2,1H3. The Balaban J connectivity index is 1.90. The molecule has 0 unspecified atom stereocenters. The topological polar surface area (TPSA) is 50.5 Å². The van der Waals surface area contributed by atoms with E-state index in [1.807, 2.05) is 18.2 Å². The predicted molar refractivity (Wildman–Crippen MR) is 89.7 cm³/mol. The van der Waals surface area contributed by atoms with E-state index in [4.69, 9.17) is 16.0 Å². The van der Waals surface area contributed by atoms with Gasteiger partial charge in [0.1, 0.15) is 11.1 Å². The summed E-state index contributed by atoms with van der Waals surface area (Å²) >= 11 is 5.95. The van der Waals surface area contributed by atoms with Crippen LogP contribution in [0.4, 0.5) is 0 Å². The van der Waals surface area contributed by atoms with Gasteiger partial charge >= 0.3 is 5.63 Å². The summed E-state index contributed by atoms with van der Waals surface area (Å²) in [6.07, 6.45) is 0. The summed E-state index contributed by atoms with van der Waals surface area (Å²) in [6.45, 7) is 0.353. The molecule has 0 N–H and O–H groups in total. The molecule has 0 aliphatic rings. The van der Waals surface area contributed by atoms with E-state index in [2.05, 4.69) is 0 Å². The number of rotatable bonds is 3. The number of hydrogen-bond acceptors (Lipinski definition) is 3. The third-order valence-electron chi connectivity index (χ3n) is 3.53. The molecule has 4 nitrogen and oxygen atoms in total. The number of benzene rings is 2. The van der Waals surface area contributed by atoms with Gasteiger partial charge in [-0.3, -0.25) is 4.79 Å². The first-order chi connectivity index (χ1) is 11.0. The number of carbonyl (C=O) groups excluding carboxylic acids is 1. The third-order valence-corrected chi connectivity index (χ3v) is 3.76. The van der Waals surface area contributed by atoms with Gasteiger partial charge in [0.05, 0.1) is 0 Å². The van der Waals surface area contributed by atoms with E-state index in [0.29, 0.717) is 22.5 Å². The van der Waals surface area contributed by atoms with Crippen LogP contribution < -0.4 is 5.63 Å². The summed E-state index contributed by atoms with van der Waals surface area (Å²) < 4.78 is 5.21. The summed E-state index contributed by atoms with van der Waals surface area (Å²) in [5, 5.41) is 1.32. The first-order valence-corrected chi connectivity index (χ1v) is 7.45. The lowest BCUT2D eigenvalue weighted by Gasteiger charge is -2.17. The Hall–Kier alpha value is -2.59. The van der Waals surface area contributed by atoms with Crippen LogP contribution in [0.5, 0.6) is 0 Å². The molecule has 0 fully saturated rings. The Bertz CT molecular complexity index is 933. The lowest BCUT2D eigenvalue weighted by atomic mass is 10.1. The number of halogens is 1. The highest BCUT2D eigenvalue weighted by Gasteiger charge is 2.18. The van der Waals surface area contributed by atoms with E-state index in [9.17, 15) is 9.59 Å². The molecule has 0 bridgehead atoms. The Morgan fingerprint density at radius 1 is 1.13 bits per heavy atom. The zero-order chi connectivity index (χ0) is 16.4. The quantitative estimate of drug-likeness (QED) is 0.689. The lowest BCUT2D eigenvalue weighted by molar-refractivity contribution is 0.0781. The van der Waals surface area contributed by atoms with Crippen LogP contribution in [0.1, 0.15) is 15.9 Å². The van der Waals surface area contributed by atoms with E-state index >= 15 is 0 Å². The van der Waals surface area contributed by atoms with Gasteiger partial charge in [0.15, 0.2) is 0 Å². The molecule has 0 radical (unpaired) electrons. The maximum absolute atomic E-state index is 12.5. The average molecular weight is 328 g/mol. The average Bonchev–Trinajstić information content (AvgIpc) is 2.53. The fourth-order valence-electron chi connectivity index (χ4n) is 2.40. The highest BCUT2D eigenvalue weighted by atomic mass is 35.5. The summed E-state index contributed by atoms with van der Waals surface area (Å²) in [4.78, 5) is 26.0. The summed E-state index contributed by atoms with van der Waals surface area (Å²) in [6, 6.07) is 15.9. The maximum Gasteiger partial charge on any atom is 0.349 e. The second kappa shape index (κ2) is 6.26. The molecule has 0 saturated heterocycles. The molecule has 2 aromatic carbocycles. The van der Waals surface area contributed by atoms with Crippen LogP contribution in [0.15, 0.2) is 63.8 Å². The monoisotopic (exact) mass is 327 g/mol. The highest BCUT2D eigenvalue weighted by Crippen LogP contribution is 2.15. The molecule has 0 aliphatic carbocycles. The molecule has 1 amide bonds. The molecule has 3 aromatic rings. The van der Waals surface area contributed by atoms with Crippen molar-refractivity contribution in [1.82, 2.24) is 4.90 Å². The van der Waals surface area contributed by atoms with Gasteiger partial charge in [-0.1, -0.05) is 41.9 Å². The van der Waals surface area contributed by atoms with Crippen molar-refractivity contribution in [2.45, 2.75) is 6.54 Å². The van der Waals surface area contributed by atoms with Gasteiger partial charge in [-0.05, 0) is 29.8 Å². The smallest absolute Gasteiger partial charge is 0.349 e. The molecular formula is C18H14ClNO3. The molecule has 3 rings (SSSR count). The number of fused-ring (bicyclic) bond motifs is 1. The Kier molecular flexibility index (Phi) is 4.17. The molecular weight excluding hydrogens is 314 g/mol. The molecule has 0 spiro atoms. The second-order valence-corrected chi connectivity index (χ2v) is 5.71. The number of para-hydroxylation sites is 1. The van der Waals surface area contributed by atoms with E-state index in [-0.39, 0.29) is 11.5 Å². The molecule has 1 heterocycles. The van der Waals surface area contributed by atoms with E-state index in [1.165, 1.54) is 4.90 Å². The third kappa shape index (κ3) is 3.27. The molecule has 0 aliphatic heterocycles. The molecule has 116 valence electrons. The van der Waals surface area contributed by atoms with Crippen LogP contribution in [0, 0.1) is 0 Å². The molecule has 0 saturated carbocycles.